The zero-order valence-electron chi connectivity index (χ0n) is 14.2. The molecule has 2 unspecified atom stereocenters. The molecule has 6 heteroatoms. The zero-order chi connectivity index (χ0) is 16.4. The van der Waals surface area contributed by atoms with Gasteiger partial charge in [0.2, 0.25) is 0 Å². The van der Waals surface area contributed by atoms with Gasteiger partial charge in [-0.1, -0.05) is 12.1 Å². The maximum Gasteiger partial charge on any atom is 0.164 e. The van der Waals surface area contributed by atoms with E-state index < -0.39 is 0 Å². The van der Waals surface area contributed by atoms with E-state index in [0.717, 1.165) is 36.9 Å². The van der Waals surface area contributed by atoms with Crippen LogP contribution in [0.3, 0.4) is 0 Å². The van der Waals surface area contributed by atoms with Gasteiger partial charge in [0.1, 0.15) is 17.2 Å². The first-order valence-corrected chi connectivity index (χ1v) is 8.80. The quantitative estimate of drug-likeness (QED) is 0.850. The number of aryl methyl sites for hydroxylation is 1. The number of ether oxygens (including phenoxy) is 1. The number of aromatic amines is 1. The minimum absolute atomic E-state index is 0.0425. The highest BCUT2D eigenvalue weighted by Crippen LogP contribution is 2.35. The third-order valence-corrected chi connectivity index (χ3v) is 4.99. The van der Waals surface area contributed by atoms with Crippen molar-refractivity contribution in [3.63, 3.8) is 0 Å². The van der Waals surface area contributed by atoms with Crippen molar-refractivity contribution in [2.75, 3.05) is 19.6 Å². The molecule has 0 saturated carbocycles. The fourth-order valence-electron chi connectivity index (χ4n) is 3.84. The maximum atomic E-state index is 6.44. The lowest BCUT2D eigenvalue weighted by atomic mass is 9.94. The number of nitrogens with zero attached hydrogens (tertiary/aromatic N) is 3. The second-order valence-corrected chi connectivity index (χ2v) is 7.00. The largest absolute Gasteiger partial charge is 0.486 e. The molecule has 0 radical (unpaired) electrons. The summed E-state index contributed by atoms with van der Waals surface area (Å²) in [6.07, 6.45) is 3.58. The highest BCUT2D eigenvalue weighted by atomic mass is 16.5. The first-order chi connectivity index (χ1) is 11.7. The first kappa shape index (κ1) is 15.6. The Morgan fingerprint density at radius 3 is 3.12 bits per heavy atom. The number of piperidine rings is 1. The molecule has 2 aromatic rings. The Balaban J connectivity index is 1.35. The first-order valence-electron chi connectivity index (χ1n) is 8.80. The van der Waals surface area contributed by atoms with Crippen molar-refractivity contribution in [1.82, 2.24) is 25.4 Å². The summed E-state index contributed by atoms with van der Waals surface area (Å²) in [7, 11) is 0. The molecule has 2 saturated heterocycles. The van der Waals surface area contributed by atoms with E-state index in [0.29, 0.717) is 6.54 Å². The van der Waals surface area contributed by atoms with E-state index in [9.17, 15) is 0 Å². The maximum absolute atomic E-state index is 6.44. The van der Waals surface area contributed by atoms with E-state index in [4.69, 9.17) is 4.74 Å². The summed E-state index contributed by atoms with van der Waals surface area (Å²) in [5, 5.41) is 10.4. The van der Waals surface area contributed by atoms with Crippen molar-refractivity contribution in [1.29, 1.82) is 0 Å². The number of rotatable bonds is 6. The monoisotopic (exact) mass is 327 g/mol. The summed E-state index contributed by atoms with van der Waals surface area (Å²) < 4.78 is 6.44. The van der Waals surface area contributed by atoms with Crippen molar-refractivity contribution >= 4 is 0 Å². The van der Waals surface area contributed by atoms with Crippen LogP contribution in [0.1, 0.15) is 36.5 Å². The minimum Gasteiger partial charge on any atom is -0.486 e. The predicted molar refractivity (Wildman–Crippen MR) is 91.8 cm³/mol. The van der Waals surface area contributed by atoms with Gasteiger partial charge in [0.15, 0.2) is 5.82 Å². The normalized spacial score (nSPS) is 25.8. The fourth-order valence-corrected chi connectivity index (χ4v) is 3.84. The molecule has 24 heavy (non-hydrogen) atoms. The van der Waals surface area contributed by atoms with Gasteiger partial charge >= 0.3 is 0 Å². The van der Waals surface area contributed by atoms with E-state index in [2.05, 4.69) is 49.7 Å². The molecule has 6 nitrogen and oxygen atoms in total. The van der Waals surface area contributed by atoms with Crippen LogP contribution in [0.25, 0.3) is 0 Å². The molecule has 2 bridgehead atoms. The standard InChI is InChI=1S/C18H25N5O/c1-14-20-17(22-21-14)12-19-11-15-4-2-5-16(10-15)24-18-6-3-8-23(13-18)9-7-18/h2,4-5,10,19H,3,6-9,11-13H2,1H3,(H,20,21,22). The third kappa shape index (κ3) is 3.44. The highest BCUT2D eigenvalue weighted by molar-refractivity contribution is 5.29. The van der Waals surface area contributed by atoms with Gasteiger partial charge in [0.05, 0.1) is 6.54 Å². The number of aromatic nitrogens is 3. The van der Waals surface area contributed by atoms with Gasteiger partial charge in [-0.3, -0.25) is 10.00 Å². The average Bonchev–Trinajstić information content (AvgIpc) is 3.11. The number of hydrogen-bond donors (Lipinski definition) is 2. The van der Waals surface area contributed by atoms with Crippen LogP contribution in [0.2, 0.25) is 0 Å². The van der Waals surface area contributed by atoms with Crippen molar-refractivity contribution < 1.29 is 4.74 Å². The molecular formula is C18H25N5O. The fraction of sp³-hybridized carbons (Fsp3) is 0.556. The molecule has 3 heterocycles. The molecule has 0 aliphatic carbocycles. The average molecular weight is 327 g/mol. The molecular weight excluding hydrogens is 302 g/mol. The molecule has 2 N–H and O–H groups in total. The number of H-pyrrole nitrogens is 1. The van der Waals surface area contributed by atoms with Gasteiger partial charge in [-0.05, 0) is 44.0 Å². The SMILES string of the molecule is Cc1nc(CNCc2cccc(OC34CCCN(CC3)C4)c2)n[nH]1. The molecule has 0 amide bonds. The smallest absolute Gasteiger partial charge is 0.164 e. The topological polar surface area (TPSA) is 66.1 Å². The van der Waals surface area contributed by atoms with Gasteiger partial charge in [0, 0.05) is 26.1 Å². The summed E-state index contributed by atoms with van der Waals surface area (Å²) in [4.78, 5) is 6.82. The third-order valence-electron chi connectivity index (χ3n) is 4.99. The summed E-state index contributed by atoms with van der Waals surface area (Å²) in [5.74, 6) is 2.64. The Morgan fingerprint density at radius 2 is 2.25 bits per heavy atom. The summed E-state index contributed by atoms with van der Waals surface area (Å²) in [5.41, 5.74) is 1.27. The van der Waals surface area contributed by atoms with Gasteiger partial charge in [-0.15, -0.1) is 0 Å². The van der Waals surface area contributed by atoms with Crippen LogP contribution in [0.5, 0.6) is 5.75 Å². The van der Waals surface area contributed by atoms with E-state index >= 15 is 0 Å². The number of fused-ring (bicyclic) bond motifs is 2. The minimum atomic E-state index is 0.0425. The van der Waals surface area contributed by atoms with E-state index in [1.165, 1.54) is 31.5 Å². The Bertz CT molecular complexity index is 696. The molecule has 1 aromatic carbocycles. The lowest BCUT2D eigenvalue weighted by Gasteiger charge is -2.34. The second-order valence-electron chi connectivity index (χ2n) is 7.00. The van der Waals surface area contributed by atoms with Crippen molar-refractivity contribution in [3.05, 3.63) is 41.5 Å². The summed E-state index contributed by atoms with van der Waals surface area (Å²) in [6, 6.07) is 8.44. The van der Waals surface area contributed by atoms with Crippen molar-refractivity contribution in [2.24, 2.45) is 0 Å². The molecule has 0 spiro atoms. The van der Waals surface area contributed by atoms with Crippen LogP contribution < -0.4 is 10.1 Å². The number of benzene rings is 1. The van der Waals surface area contributed by atoms with E-state index in [-0.39, 0.29) is 5.60 Å². The Kier molecular flexibility index (Phi) is 4.24. The van der Waals surface area contributed by atoms with Crippen molar-refractivity contribution in [2.45, 2.75) is 44.9 Å². The number of nitrogens with one attached hydrogen (secondary N) is 2. The molecule has 2 aliphatic rings. The Morgan fingerprint density at radius 1 is 1.29 bits per heavy atom. The summed E-state index contributed by atoms with van der Waals surface area (Å²) in [6.45, 7) is 6.84. The van der Waals surface area contributed by atoms with Crippen LogP contribution in [0, 0.1) is 6.92 Å². The molecule has 1 aromatic heterocycles. The molecule has 2 aliphatic heterocycles. The van der Waals surface area contributed by atoms with E-state index in [1.807, 2.05) is 6.92 Å². The van der Waals surface area contributed by atoms with Crippen molar-refractivity contribution in [3.8, 4) is 5.75 Å². The summed E-state index contributed by atoms with van der Waals surface area (Å²) >= 11 is 0. The Labute approximate surface area is 142 Å². The predicted octanol–water partition coefficient (Wildman–Crippen LogP) is 2.02. The van der Waals surface area contributed by atoms with E-state index in [1.54, 1.807) is 0 Å². The molecule has 4 rings (SSSR count). The van der Waals surface area contributed by atoms with Gasteiger partial charge in [0.25, 0.3) is 0 Å². The van der Waals surface area contributed by atoms with Crippen LogP contribution in [0.4, 0.5) is 0 Å². The van der Waals surface area contributed by atoms with Gasteiger partial charge in [-0.25, -0.2) is 4.98 Å². The lowest BCUT2D eigenvalue weighted by molar-refractivity contribution is 0.0452. The molecule has 2 fully saturated rings. The lowest BCUT2D eigenvalue weighted by Crippen LogP contribution is -2.43. The van der Waals surface area contributed by atoms with Gasteiger partial charge in [-0.2, -0.15) is 5.10 Å². The second kappa shape index (κ2) is 6.53. The van der Waals surface area contributed by atoms with Crippen LogP contribution in [0.15, 0.2) is 24.3 Å². The zero-order valence-corrected chi connectivity index (χ0v) is 14.2. The molecule has 2 atom stereocenters. The van der Waals surface area contributed by atoms with Gasteiger partial charge < -0.3 is 10.1 Å². The van der Waals surface area contributed by atoms with Crippen LogP contribution in [-0.2, 0) is 13.1 Å². The number of hydrogen-bond acceptors (Lipinski definition) is 5. The highest BCUT2D eigenvalue weighted by Gasteiger charge is 2.42. The Hall–Kier alpha value is -1.92. The van der Waals surface area contributed by atoms with Crippen LogP contribution >= 0.6 is 0 Å². The van der Waals surface area contributed by atoms with Crippen LogP contribution in [-0.4, -0.2) is 45.3 Å². The molecule has 128 valence electrons.